The fourth-order valence-electron chi connectivity index (χ4n) is 1.96. The van der Waals surface area contributed by atoms with E-state index in [-0.39, 0.29) is 23.6 Å². The molecule has 28 heavy (non-hydrogen) atoms. The van der Waals surface area contributed by atoms with Crippen LogP contribution < -0.4 is 11.1 Å². The molecule has 0 bridgehead atoms. The van der Waals surface area contributed by atoms with Gasteiger partial charge in [0.2, 0.25) is 0 Å². The highest BCUT2D eigenvalue weighted by Crippen LogP contribution is 2.11. The van der Waals surface area contributed by atoms with E-state index < -0.39 is 11.7 Å². The molecule has 1 atom stereocenters. The summed E-state index contributed by atoms with van der Waals surface area (Å²) in [6, 6.07) is 3.86. The summed E-state index contributed by atoms with van der Waals surface area (Å²) in [5.74, 6) is -0.0640. The highest BCUT2D eigenvalue weighted by Gasteiger charge is 2.20. The number of alkyl carbamates (subject to hydrolysis) is 1. The number of nitrogens with zero attached hydrogens (tertiary/aromatic N) is 1. The molecule has 0 spiro atoms. The van der Waals surface area contributed by atoms with Crippen LogP contribution in [0.5, 0.6) is 0 Å². The van der Waals surface area contributed by atoms with E-state index in [4.69, 9.17) is 45.9 Å². The predicted molar refractivity (Wildman–Crippen MR) is 118 cm³/mol. The Bertz CT molecular complexity index is 628. The van der Waals surface area contributed by atoms with Crippen LogP contribution in [0.2, 0.25) is 0 Å². The van der Waals surface area contributed by atoms with E-state index >= 15 is 0 Å². The summed E-state index contributed by atoms with van der Waals surface area (Å²) in [6.07, 6.45) is 3.30. The van der Waals surface area contributed by atoms with Gasteiger partial charge in [-0.25, -0.2) is 4.79 Å². The van der Waals surface area contributed by atoms with E-state index in [0.717, 1.165) is 11.3 Å². The Morgan fingerprint density at radius 1 is 1.29 bits per heavy atom. The standard InChI is InChI=1S/C16H25N3O2S.C3H4Cl2O/c1-11-5-6-12(10-18-11)9-13(7-8-14(17)22)19-15(20)21-16(2,3)4;4-1-3(6)2-5/h5-6,10,13H,7-9H2,1-4H3,(H2,17,22)(H,19,20);1-2H2/t13-;/m1./s1. The molecule has 9 heteroatoms. The number of carbonyl (C=O) groups excluding carboxylic acids is 2. The molecule has 1 heterocycles. The van der Waals surface area contributed by atoms with Gasteiger partial charge in [-0.15, -0.1) is 23.2 Å². The number of rotatable bonds is 8. The van der Waals surface area contributed by atoms with Gasteiger partial charge in [0.1, 0.15) is 5.60 Å². The van der Waals surface area contributed by atoms with E-state index in [1.165, 1.54) is 0 Å². The normalized spacial score (nSPS) is 11.6. The first-order chi connectivity index (χ1) is 13.0. The zero-order chi connectivity index (χ0) is 21.7. The Hall–Kier alpha value is -1.44. The molecule has 0 aromatic carbocycles. The van der Waals surface area contributed by atoms with Crippen LogP contribution in [-0.2, 0) is 16.0 Å². The zero-order valence-electron chi connectivity index (χ0n) is 16.8. The minimum Gasteiger partial charge on any atom is -0.444 e. The van der Waals surface area contributed by atoms with Gasteiger partial charge in [0, 0.05) is 17.9 Å². The Morgan fingerprint density at radius 3 is 2.29 bits per heavy atom. The number of ether oxygens (including phenoxy) is 1. The molecule has 0 aliphatic rings. The third kappa shape index (κ3) is 14.6. The molecule has 6 nitrogen and oxygen atoms in total. The quantitative estimate of drug-likeness (QED) is 0.461. The summed E-state index contributed by atoms with van der Waals surface area (Å²) >= 11 is 15.0. The lowest BCUT2D eigenvalue weighted by Crippen LogP contribution is -2.40. The highest BCUT2D eigenvalue weighted by atomic mass is 35.5. The number of aromatic nitrogens is 1. The number of ketones is 1. The first-order valence-electron chi connectivity index (χ1n) is 8.79. The smallest absolute Gasteiger partial charge is 0.407 e. The number of alkyl halides is 2. The summed E-state index contributed by atoms with van der Waals surface area (Å²) < 4.78 is 5.30. The maximum Gasteiger partial charge on any atom is 0.407 e. The van der Waals surface area contributed by atoms with Gasteiger partial charge < -0.3 is 15.8 Å². The van der Waals surface area contributed by atoms with Crippen molar-refractivity contribution in [3.8, 4) is 0 Å². The molecular weight excluding hydrogens is 421 g/mol. The number of pyridine rings is 1. The molecule has 0 radical (unpaired) electrons. The van der Waals surface area contributed by atoms with Crippen LogP contribution in [0.1, 0.15) is 44.9 Å². The molecular formula is C19H29Cl2N3O3S. The number of nitrogens with two attached hydrogens (primary N) is 1. The molecule has 0 saturated carbocycles. The van der Waals surface area contributed by atoms with Crippen molar-refractivity contribution >= 4 is 52.3 Å². The summed E-state index contributed by atoms with van der Waals surface area (Å²) in [5.41, 5.74) is 7.05. The second-order valence-electron chi connectivity index (χ2n) is 7.17. The van der Waals surface area contributed by atoms with Gasteiger partial charge in [-0.1, -0.05) is 18.3 Å². The first-order valence-corrected chi connectivity index (χ1v) is 10.3. The second-order valence-corrected chi connectivity index (χ2v) is 8.22. The predicted octanol–water partition coefficient (Wildman–Crippen LogP) is 3.93. The van der Waals surface area contributed by atoms with Gasteiger partial charge in [-0.2, -0.15) is 0 Å². The van der Waals surface area contributed by atoms with Crippen LogP contribution in [0.25, 0.3) is 0 Å². The van der Waals surface area contributed by atoms with E-state index in [1.54, 1.807) is 0 Å². The lowest BCUT2D eigenvalue weighted by molar-refractivity contribution is -0.114. The molecule has 3 N–H and O–H groups in total. The average Bonchev–Trinajstić information content (AvgIpc) is 2.59. The van der Waals surface area contributed by atoms with Gasteiger partial charge in [-0.3, -0.25) is 9.78 Å². The van der Waals surface area contributed by atoms with Crippen molar-refractivity contribution in [3.63, 3.8) is 0 Å². The molecule has 1 amide bonds. The van der Waals surface area contributed by atoms with Crippen LogP contribution in [0.3, 0.4) is 0 Å². The first kappa shape index (κ1) is 26.6. The van der Waals surface area contributed by atoms with Crippen LogP contribution in [0.15, 0.2) is 18.3 Å². The summed E-state index contributed by atoms with van der Waals surface area (Å²) in [5, 5.41) is 2.89. The summed E-state index contributed by atoms with van der Waals surface area (Å²) in [7, 11) is 0. The van der Waals surface area contributed by atoms with Gasteiger partial charge in [-0.05, 0) is 58.6 Å². The number of amides is 1. The Balaban J connectivity index is 0.00000105. The molecule has 1 rings (SSSR count). The monoisotopic (exact) mass is 449 g/mol. The fourth-order valence-corrected chi connectivity index (χ4v) is 2.36. The molecule has 0 aliphatic carbocycles. The van der Waals surface area contributed by atoms with E-state index in [9.17, 15) is 9.59 Å². The van der Waals surface area contributed by atoms with Crippen LogP contribution in [0, 0.1) is 6.92 Å². The van der Waals surface area contributed by atoms with Crippen LogP contribution in [-0.4, -0.2) is 45.3 Å². The lowest BCUT2D eigenvalue weighted by atomic mass is 10.0. The van der Waals surface area contributed by atoms with Crippen molar-refractivity contribution in [2.45, 2.75) is 58.6 Å². The topological polar surface area (TPSA) is 94.3 Å². The molecule has 1 aromatic rings. The number of carbonyl (C=O) groups is 2. The third-order valence-corrected chi connectivity index (χ3v) is 4.01. The number of hydrogen-bond donors (Lipinski definition) is 2. The number of aryl methyl sites for hydroxylation is 1. The van der Waals surface area contributed by atoms with Gasteiger partial charge in [0.05, 0.1) is 16.7 Å². The van der Waals surface area contributed by atoms with Crippen molar-refractivity contribution in [3.05, 3.63) is 29.6 Å². The van der Waals surface area contributed by atoms with Crippen LogP contribution in [0.4, 0.5) is 4.79 Å². The Kier molecular flexibility index (Phi) is 13.0. The maximum absolute atomic E-state index is 11.9. The second kappa shape index (κ2) is 13.7. The van der Waals surface area contributed by atoms with Crippen molar-refractivity contribution in [1.82, 2.24) is 10.3 Å². The van der Waals surface area contributed by atoms with Crippen molar-refractivity contribution in [2.24, 2.45) is 5.73 Å². The highest BCUT2D eigenvalue weighted by molar-refractivity contribution is 7.80. The Labute approximate surface area is 182 Å². The van der Waals surface area contributed by atoms with E-state index in [1.807, 2.05) is 46.0 Å². The fraction of sp³-hybridized carbons (Fsp3) is 0.579. The minimum atomic E-state index is -0.525. The van der Waals surface area contributed by atoms with E-state index in [0.29, 0.717) is 24.3 Å². The number of Topliss-reactive ketones (excluding diaryl/α,β-unsaturated/α-hetero) is 1. The zero-order valence-corrected chi connectivity index (χ0v) is 19.1. The molecule has 0 saturated heterocycles. The summed E-state index contributed by atoms with van der Waals surface area (Å²) in [4.78, 5) is 26.6. The van der Waals surface area contributed by atoms with Crippen molar-refractivity contribution < 1.29 is 14.3 Å². The minimum absolute atomic E-state index is 0.0312. The van der Waals surface area contributed by atoms with Crippen molar-refractivity contribution in [1.29, 1.82) is 0 Å². The maximum atomic E-state index is 11.9. The lowest BCUT2D eigenvalue weighted by Gasteiger charge is -2.23. The number of nitrogens with one attached hydrogen (secondary N) is 1. The Morgan fingerprint density at radius 2 is 1.89 bits per heavy atom. The van der Waals surface area contributed by atoms with Crippen LogP contribution >= 0.6 is 35.4 Å². The largest absolute Gasteiger partial charge is 0.444 e. The summed E-state index contributed by atoms with van der Waals surface area (Å²) in [6.45, 7) is 7.44. The van der Waals surface area contributed by atoms with Gasteiger partial charge >= 0.3 is 6.09 Å². The molecule has 1 aromatic heterocycles. The number of hydrogen-bond acceptors (Lipinski definition) is 5. The molecule has 0 aliphatic heterocycles. The molecule has 0 unspecified atom stereocenters. The molecule has 158 valence electrons. The van der Waals surface area contributed by atoms with E-state index in [2.05, 4.69) is 10.3 Å². The SMILES string of the molecule is Cc1ccc(C[C@@H](CCC(N)=S)NC(=O)OC(C)(C)C)cn1.O=C(CCl)CCl. The third-order valence-electron chi connectivity index (χ3n) is 3.21. The average molecular weight is 450 g/mol. The van der Waals surface area contributed by atoms with Crippen molar-refractivity contribution in [2.75, 3.05) is 11.8 Å². The number of thiocarbonyl (C=S) groups is 1. The van der Waals surface area contributed by atoms with Gasteiger partial charge in [0.25, 0.3) is 0 Å². The van der Waals surface area contributed by atoms with Gasteiger partial charge in [0.15, 0.2) is 5.78 Å². The number of halogens is 2. The molecule has 0 fully saturated rings.